The molecule has 1 amide bonds. The molecule has 2 heterocycles. The topological polar surface area (TPSA) is 119 Å². The van der Waals surface area contributed by atoms with Crippen molar-refractivity contribution < 1.29 is 9.18 Å². The lowest BCUT2D eigenvalue weighted by molar-refractivity contribution is 0.102. The second-order valence-corrected chi connectivity index (χ2v) is 3.52. The molecule has 0 aliphatic rings. The lowest BCUT2D eigenvalue weighted by atomic mass is 10.2. The molecular weight excluding hydrogens is 249 g/mol. The first-order valence-corrected chi connectivity index (χ1v) is 5.07. The first-order valence-electron chi connectivity index (χ1n) is 4.30. The van der Waals surface area contributed by atoms with Crippen LogP contribution in [-0.4, -0.2) is 25.7 Å². The Morgan fingerprint density at radius 1 is 1.53 bits per heavy atom. The van der Waals surface area contributed by atoms with Crippen molar-refractivity contribution in [2.45, 2.75) is 0 Å². The molecule has 2 aromatic heterocycles. The second kappa shape index (κ2) is 4.76. The molecule has 10 heteroatoms. The van der Waals surface area contributed by atoms with Gasteiger partial charge in [0.05, 0.1) is 5.56 Å². The number of nitrogens with two attached hydrogens (primary N) is 1. The third-order valence-electron chi connectivity index (χ3n) is 1.79. The lowest BCUT2D eigenvalue weighted by Crippen LogP contribution is -2.17. The zero-order valence-electron chi connectivity index (χ0n) is 8.22. The van der Waals surface area contributed by atoms with Gasteiger partial charge in [0.2, 0.25) is 5.13 Å². The minimum absolute atomic E-state index is 0.175. The number of anilines is 2. The van der Waals surface area contributed by atoms with Crippen LogP contribution in [0.2, 0.25) is 0 Å². The van der Waals surface area contributed by atoms with E-state index in [0.717, 1.165) is 11.5 Å². The zero-order chi connectivity index (χ0) is 12.3. The molecule has 0 unspecified atom stereocenters. The molecule has 8 nitrogen and oxygen atoms in total. The lowest BCUT2D eigenvalue weighted by Gasteiger charge is -2.05. The predicted octanol–water partition coefficient (Wildman–Crippen LogP) is 0.00510. The number of nitrogens with one attached hydrogen (secondary N) is 2. The number of nitrogen functional groups attached to an aromatic ring is 1. The fourth-order valence-corrected chi connectivity index (χ4v) is 1.43. The predicted molar refractivity (Wildman–Crippen MR) is 57.7 cm³/mol. The number of aromatic nitrogens is 4. The van der Waals surface area contributed by atoms with Gasteiger partial charge in [0.25, 0.3) is 5.91 Å². The fourth-order valence-electron chi connectivity index (χ4n) is 1.07. The highest BCUT2D eigenvalue weighted by atomic mass is 32.1. The van der Waals surface area contributed by atoms with Crippen molar-refractivity contribution in [2.75, 3.05) is 10.7 Å². The van der Waals surface area contributed by atoms with Crippen molar-refractivity contribution in [3.05, 3.63) is 23.6 Å². The Hall–Kier alpha value is -2.20. The Labute approximate surface area is 98.2 Å². The van der Waals surface area contributed by atoms with Gasteiger partial charge < -0.3 is 5.43 Å². The van der Waals surface area contributed by atoms with Crippen LogP contribution in [0, 0.1) is 5.82 Å². The van der Waals surface area contributed by atoms with Gasteiger partial charge in [-0.2, -0.15) is 0 Å². The van der Waals surface area contributed by atoms with E-state index in [1.807, 2.05) is 5.43 Å². The van der Waals surface area contributed by atoms with Crippen LogP contribution in [0.25, 0.3) is 0 Å². The normalized spacial score (nSPS) is 10.0. The summed E-state index contributed by atoms with van der Waals surface area (Å²) < 4.78 is 17.1. The smallest absolute Gasteiger partial charge is 0.260 e. The monoisotopic (exact) mass is 255 g/mol. The number of pyridine rings is 1. The quantitative estimate of drug-likeness (QED) is 0.522. The molecule has 17 heavy (non-hydrogen) atoms. The van der Waals surface area contributed by atoms with Crippen LogP contribution in [0.4, 0.5) is 15.3 Å². The van der Waals surface area contributed by atoms with E-state index in [0.29, 0.717) is 0 Å². The molecule has 0 radical (unpaired) electrons. The van der Waals surface area contributed by atoms with Gasteiger partial charge in [-0.25, -0.2) is 15.2 Å². The molecule has 0 fully saturated rings. The molecule has 0 atom stereocenters. The minimum atomic E-state index is -0.843. The summed E-state index contributed by atoms with van der Waals surface area (Å²) in [5.41, 5.74) is 1.84. The average Bonchev–Trinajstić information content (AvgIpc) is 2.82. The number of hydrogen-bond acceptors (Lipinski definition) is 8. The van der Waals surface area contributed by atoms with Gasteiger partial charge in [-0.05, 0) is 11.3 Å². The van der Waals surface area contributed by atoms with Crippen molar-refractivity contribution in [1.82, 2.24) is 19.8 Å². The molecule has 0 spiro atoms. The van der Waals surface area contributed by atoms with E-state index >= 15 is 0 Å². The molecule has 0 aliphatic heterocycles. The highest BCUT2D eigenvalue weighted by Gasteiger charge is 2.16. The van der Waals surface area contributed by atoms with Gasteiger partial charge in [0.15, 0.2) is 11.6 Å². The number of halogens is 1. The number of hydrogen-bond donors (Lipinski definition) is 3. The molecule has 0 aliphatic carbocycles. The van der Waals surface area contributed by atoms with Crippen LogP contribution in [0.5, 0.6) is 0 Å². The van der Waals surface area contributed by atoms with Gasteiger partial charge >= 0.3 is 0 Å². The number of amides is 1. The third kappa shape index (κ3) is 2.32. The van der Waals surface area contributed by atoms with Crippen molar-refractivity contribution in [2.24, 2.45) is 5.84 Å². The van der Waals surface area contributed by atoms with Crippen LogP contribution >= 0.6 is 11.5 Å². The Bertz CT molecular complexity index is 531. The van der Waals surface area contributed by atoms with Crippen LogP contribution in [0.1, 0.15) is 10.4 Å². The van der Waals surface area contributed by atoms with Gasteiger partial charge in [-0.1, -0.05) is 9.59 Å². The fraction of sp³-hybridized carbons (Fsp3) is 0. The summed E-state index contributed by atoms with van der Waals surface area (Å²) in [6, 6.07) is 1.22. The number of rotatable bonds is 3. The minimum Gasteiger partial charge on any atom is -0.306 e. The van der Waals surface area contributed by atoms with Gasteiger partial charge in [0, 0.05) is 17.7 Å². The van der Waals surface area contributed by atoms with E-state index in [1.165, 1.54) is 12.3 Å². The highest BCUT2D eigenvalue weighted by molar-refractivity contribution is 7.09. The molecule has 4 N–H and O–H groups in total. The first-order chi connectivity index (χ1) is 8.22. The van der Waals surface area contributed by atoms with Gasteiger partial charge in [-0.15, -0.1) is 0 Å². The second-order valence-electron chi connectivity index (χ2n) is 2.79. The maximum atomic E-state index is 13.6. The van der Waals surface area contributed by atoms with Crippen LogP contribution in [0.3, 0.4) is 0 Å². The van der Waals surface area contributed by atoms with Gasteiger partial charge in [0.1, 0.15) is 0 Å². The Kier molecular flexibility index (Phi) is 3.16. The van der Waals surface area contributed by atoms with Crippen molar-refractivity contribution in [1.29, 1.82) is 0 Å². The van der Waals surface area contributed by atoms with Crippen LogP contribution in [0.15, 0.2) is 12.3 Å². The highest BCUT2D eigenvalue weighted by Crippen LogP contribution is 2.15. The van der Waals surface area contributed by atoms with E-state index in [-0.39, 0.29) is 16.5 Å². The van der Waals surface area contributed by atoms with E-state index in [2.05, 4.69) is 25.1 Å². The third-order valence-corrected chi connectivity index (χ3v) is 2.30. The Morgan fingerprint density at radius 3 is 3.00 bits per heavy atom. The standard InChI is InChI=1S/C7H6FN7OS/c8-4-3(1-2-10-5(4)12-9)6(16)11-7-13-14-15-17-7/h1-2H,9H2,(H,10,12)(H,11,13,15,16). The number of carbonyl (C=O) groups excluding carboxylic acids is 1. The van der Waals surface area contributed by atoms with E-state index < -0.39 is 11.7 Å². The number of carbonyl (C=O) groups is 1. The average molecular weight is 255 g/mol. The van der Waals surface area contributed by atoms with E-state index in [1.54, 1.807) is 0 Å². The summed E-state index contributed by atoms with van der Waals surface area (Å²) in [5, 5.41) is 9.30. The Morgan fingerprint density at radius 2 is 2.35 bits per heavy atom. The number of nitrogens with zero attached hydrogens (tertiary/aromatic N) is 4. The summed E-state index contributed by atoms with van der Waals surface area (Å²) in [6.45, 7) is 0. The maximum absolute atomic E-state index is 13.6. The van der Waals surface area contributed by atoms with Crippen molar-refractivity contribution >= 4 is 28.4 Å². The summed E-state index contributed by atoms with van der Waals surface area (Å²) in [5.74, 6) is 3.30. The van der Waals surface area contributed by atoms with Gasteiger partial charge in [-0.3, -0.25) is 10.1 Å². The first kappa shape index (κ1) is 11.3. The maximum Gasteiger partial charge on any atom is 0.260 e. The van der Waals surface area contributed by atoms with Crippen LogP contribution < -0.4 is 16.6 Å². The number of hydrazine groups is 1. The van der Waals surface area contributed by atoms with Crippen molar-refractivity contribution in [3.8, 4) is 0 Å². The zero-order valence-corrected chi connectivity index (χ0v) is 9.03. The molecule has 0 saturated carbocycles. The molecule has 2 aromatic rings. The molecule has 0 saturated heterocycles. The summed E-state index contributed by atoms with van der Waals surface area (Å²) in [6.07, 6.45) is 1.26. The SMILES string of the molecule is NNc1nccc(C(=O)Nc2nnns2)c1F. The molecule has 88 valence electrons. The van der Waals surface area contributed by atoms with Crippen LogP contribution in [-0.2, 0) is 0 Å². The van der Waals surface area contributed by atoms with Crippen molar-refractivity contribution in [3.63, 3.8) is 0 Å². The summed E-state index contributed by atoms with van der Waals surface area (Å²) in [4.78, 5) is 15.3. The molecular formula is C7H6FN7OS. The summed E-state index contributed by atoms with van der Waals surface area (Å²) >= 11 is 0.879. The van der Waals surface area contributed by atoms with E-state index in [4.69, 9.17) is 5.84 Å². The Balaban J connectivity index is 2.25. The molecule has 0 bridgehead atoms. The summed E-state index contributed by atoms with van der Waals surface area (Å²) in [7, 11) is 0. The largest absolute Gasteiger partial charge is 0.306 e. The van der Waals surface area contributed by atoms with E-state index in [9.17, 15) is 9.18 Å². The molecule has 0 aromatic carbocycles. The molecule has 2 rings (SSSR count).